The summed E-state index contributed by atoms with van der Waals surface area (Å²) in [6.07, 6.45) is 2.66. The summed E-state index contributed by atoms with van der Waals surface area (Å²) in [4.78, 5) is 31.6. The molecule has 2 amide bonds. The van der Waals surface area contributed by atoms with Crippen molar-refractivity contribution in [3.05, 3.63) is 66.2 Å². The van der Waals surface area contributed by atoms with Gasteiger partial charge in [0.05, 0.1) is 10.5 Å². The molecule has 1 aromatic heterocycles. The molecule has 3 rings (SSSR count). The van der Waals surface area contributed by atoms with Gasteiger partial charge in [-0.05, 0) is 42.5 Å². The van der Waals surface area contributed by atoms with Crippen LogP contribution in [0.3, 0.4) is 0 Å². The Morgan fingerprint density at radius 2 is 1.93 bits per heavy atom. The minimum absolute atomic E-state index is 0.00939. The summed E-state index contributed by atoms with van der Waals surface area (Å²) in [7, 11) is 0. The summed E-state index contributed by atoms with van der Waals surface area (Å²) in [5.74, 6) is -0.631. The second kappa shape index (κ2) is 9.11. The molecule has 29 heavy (non-hydrogen) atoms. The number of carbonyl (C=O) groups is 2. The molecule has 7 nitrogen and oxygen atoms in total. The van der Waals surface area contributed by atoms with Gasteiger partial charge in [-0.1, -0.05) is 18.2 Å². The van der Waals surface area contributed by atoms with E-state index in [1.807, 2.05) is 0 Å². The zero-order chi connectivity index (χ0) is 20.8. The van der Waals surface area contributed by atoms with E-state index in [1.54, 1.807) is 24.3 Å². The third-order valence-corrected chi connectivity index (χ3v) is 4.23. The van der Waals surface area contributed by atoms with Gasteiger partial charge in [0.1, 0.15) is 18.0 Å². The lowest BCUT2D eigenvalue weighted by atomic mass is 10.2. The van der Waals surface area contributed by atoms with E-state index in [0.29, 0.717) is 28.1 Å². The summed E-state index contributed by atoms with van der Waals surface area (Å²) in [6, 6.07) is 9.43. The van der Waals surface area contributed by atoms with Crippen molar-refractivity contribution in [2.45, 2.75) is 6.42 Å². The lowest BCUT2D eigenvalue weighted by Gasteiger charge is -2.11. The van der Waals surface area contributed by atoms with Gasteiger partial charge < -0.3 is 16.0 Å². The zero-order valence-electron chi connectivity index (χ0n) is 15.2. The van der Waals surface area contributed by atoms with Crippen LogP contribution in [0.1, 0.15) is 6.42 Å². The van der Waals surface area contributed by atoms with Crippen molar-refractivity contribution in [1.82, 2.24) is 15.3 Å². The van der Waals surface area contributed by atoms with Crippen LogP contribution in [-0.4, -0.2) is 28.3 Å². The first-order valence-corrected chi connectivity index (χ1v) is 9.01. The van der Waals surface area contributed by atoms with Gasteiger partial charge in [-0.2, -0.15) is 0 Å². The number of rotatable bonds is 7. The molecule has 9 heteroatoms. The normalized spacial score (nSPS) is 10.4. The number of fused-ring (bicyclic) bond motifs is 1. The Morgan fingerprint density at radius 1 is 1.14 bits per heavy atom. The van der Waals surface area contributed by atoms with Crippen LogP contribution in [0.2, 0.25) is 5.02 Å². The highest BCUT2D eigenvalue weighted by atomic mass is 35.5. The van der Waals surface area contributed by atoms with Crippen molar-refractivity contribution in [1.29, 1.82) is 0 Å². The van der Waals surface area contributed by atoms with Crippen LogP contribution in [0, 0.1) is 5.82 Å². The van der Waals surface area contributed by atoms with Gasteiger partial charge >= 0.3 is 0 Å². The van der Waals surface area contributed by atoms with Crippen LogP contribution in [0.25, 0.3) is 10.9 Å². The van der Waals surface area contributed by atoms with Crippen LogP contribution in [0.5, 0.6) is 0 Å². The number of hydrogen-bond donors (Lipinski definition) is 3. The van der Waals surface area contributed by atoms with Crippen LogP contribution >= 0.6 is 11.6 Å². The molecule has 0 aliphatic heterocycles. The fraction of sp³-hybridized carbons (Fsp3) is 0.100. The maximum absolute atomic E-state index is 13.4. The maximum Gasteiger partial charge on any atom is 0.243 e. The SMILES string of the molecule is C=CC(=O)NCCC(=O)Nc1ccc2ncnc(Nc3ccc(F)c(Cl)c3)c2c1. The summed E-state index contributed by atoms with van der Waals surface area (Å²) >= 11 is 5.82. The lowest BCUT2D eigenvalue weighted by Crippen LogP contribution is -2.25. The highest BCUT2D eigenvalue weighted by Crippen LogP contribution is 2.27. The van der Waals surface area contributed by atoms with Gasteiger partial charge in [-0.25, -0.2) is 14.4 Å². The van der Waals surface area contributed by atoms with Gasteiger partial charge in [0, 0.05) is 29.7 Å². The number of benzene rings is 2. The first kappa shape index (κ1) is 20.2. The Morgan fingerprint density at radius 3 is 2.69 bits per heavy atom. The Balaban J connectivity index is 1.76. The van der Waals surface area contributed by atoms with Crippen molar-refractivity contribution in [2.75, 3.05) is 17.2 Å². The fourth-order valence-electron chi connectivity index (χ4n) is 2.54. The van der Waals surface area contributed by atoms with Crippen molar-refractivity contribution in [2.24, 2.45) is 0 Å². The average Bonchev–Trinajstić information content (AvgIpc) is 2.71. The molecule has 3 N–H and O–H groups in total. The minimum Gasteiger partial charge on any atom is -0.352 e. The quantitative estimate of drug-likeness (QED) is 0.512. The van der Waals surface area contributed by atoms with Gasteiger partial charge in [0.25, 0.3) is 0 Å². The largest absolute Gasteiger partial charge is 0.352 e. The van der Waals surface area contributed by atoms with Crippen LogP contribution < -0.4 is 16.0 Å². The molecule has 3 aromatic rings. The summed E-state index contributed by atoms with van der Waals surface area (Å²) < 4.78 is 13.4. The number of halogens is 2. The smallest absolute Gasteiger partial charge is 0.243 e. The monoisotopic (exact) mass is 413 g/mol. The molecule has 0 radical (unpaired) electrons. The van der Waals surface area contributed by atoms with Crippen molar-refractivity contribution >= 4 is 51.5 Å². The van der Waals surface area contributed by atoms with E-state index in [2.05, 4.69) is 32.5 Å². The fourth-order valence-corrected chi connectivity index (χ4v) is 2.72. The van der Waals surface area contributed by atoms with Crippen LogP contribution in [0.4, 0.5) is 21.6 Å². The number of nitrogens with zero attached hydrogens (tertiary/aromatic N) is 2. The van der Waals surface area contributed by atoms with Crippen molar-refractivity contribution in [3.63, 3.8) is 0 Å². The second-order valence-corrected chi connectivity index (χ2v) is 6.41. The standard InChI is InChI=1S/C20H17ClFN5O2/c1-2-18(28)23-8-7-19(29)26-12-4-6-17-14(9-12)20(25-11-24-17)27-13-3-5-16(22)15(21)10-13/h2-6,9-11H,1,7-8H2,(H,23,28)(H,26,29)(H,24,25,27). The number of anilines is 3. The first-order valence-electron chi connectivity index (χ1n) is 8.63. The van der Waals surface area contributed by atoms with E-state index < -0.39 is 5.82 Å². The van der Waals surface area contributed by atoms with Crippen LogP contribution in [0.15, 0.2) is 55.4 Å². The highest BCUT2D eigenvalue weighted by Gasteiger charge is 2.09. The average molecular weight is 414 g/mol. The van der Waals surface area contributed by atoms with E-state index in [0.717, 1.165) is 6.08 Å². The first-order chi connectivity index (χ1) is 14.0. The van der Waals surface area contributed by atoms with Gasteiger partial charge in [0.2, 0.25) is 11.8 Å². The predicted octanol–water partition coefficient (Wildman–Crippen LogP) is 3.80. The molecule has 0 aliphatic carbocycles. The number of hydrogen-bond acceptors (Lipinski definition) is 5. The minimum atomic E-state index is -0.515. The molecule has 1 heterocycles. The summed E-state index contributed by atoms with van der Waals surface area (Å²) in [6.45, 7) is 3.55. The third kappa shape index (κ3) is 5.26. The van der Waals surface area contributed by atoms with Gasteiger partial charge in [-0.15, -0.1) is 0 Å². The van der Waals surface area contributed by atoms with Gasteiger partial charge in [-0.3, -0.25) is 9.59 Å². The number of amides is 2. The van der Waals surface area contributed by atoms with E-state index >= 15 is 0 Å². The van der Waals surface area contributed by atoms with E-state index in [4.69, 9.17) is 11.6 Å². The molecular weight excluding hydrogens is 397 g/mol. The van der Waals surface area contributed by atoms with Crippen molar-refractivity contribution < 1.29 is 14.0 Å². The molecule has 0 fully saturated rings. The summed E-state index contributed by atoms with van der Waals surface area (Å²) in [5.41, 5.74) is 1.77. The molecule has 0 aliphatic rings. The Kier molecular flexibility index (Phi) is 6.36. The van der Waals surface area contributed by atoms with E-state index in [-0.39, 0.29) is 29.8 Å². The lowest BCUT2D eigenvalue weighted by molar-refractivity contribution is -0.117. The Bertz CT molecular complexity index is 1090. The topological polar surface area (TPSA) is 96.0 Å². The zero-order valence-corrected chi connectivity index (χ0v) is 16.0. The molecule has 0 atom stereocenters. The molecule has 0 spiro atoms. The number of carbonyl (C=O) groups excluding carboxylic acids is 2. The highest BCUT2D eigenvalue weighted by molar-refractivity contribution is 6.31. The molecule has 2 aromatic carbocycles. The second-order valence-electron chi connectivity index (χ2n) is 6.00. The molecule has 0 bridgehead atoms. The third-order valence-electron chi connectivity index (χ3n) is 3.94. The van der Waals surface area contributed by atoms with Crippen molar-refractivity contribution in [3.8, 4) is 0 Å². The number of nitrogens with one attached hydrogen (secondary N) is 3. The maximum atomic E-state index is 13.4. The number of aromatic nitrogens is 2. The Labute approximate surface area is 171 Å². The van der Waals surface area contributed by atoms with Crippen LogP contribution in [-0.2, 0) is 9.59 Å². The molecule has 0 saturated carbocycles. The van der Waals surface area contributed by atoms with E-state index in [1.165, 1.54) is 18.5 Å². The Hall–Kier alpha value is -3.52. The predicted molar refractivity (Wildman–Crippen MR) is 111 cm³/mol. The van der Waals surface area contributed by atoms with E-state index in [9.17, 15) is 14.0 Å². The molecule has 148 valence electrons. The molecular formula is C20H17ClFN5O2. The molecule has 0 unspecified atom stereocenters. The summed E-state index contributed by atoms with van der Waals surface area (Å²) in [5, 5.41) is 9.03. The van der Waals surface area contributed by atoms with Gasteiger partial charge in [0.15, 0.2) is 0 Å². The molecule has 0 saturated heterocycles.